The van der Waals surface area contributed by atoms with Gasteiger partial charge >= 0.3 is 0 Å². The summed E-state index contributed by atoms with van der Waals surface area (Å²) in [5, 5.41) is 3.93. The number of nitrogens with one attached hydrogen (secondary N) is 1. The first kappa shape index (κ1) is 18.9. The normalized spacial score (nSPS) is 13.2. The summed E-state index contributed by atoms with van der Waals surface area (Å²) in [6, 6.07) is 5.50. The second-order valence-corrected chi connectivity index (χ2v) is 7.96. The molecule has 1 aromatic heterocycles. The Bertz CT molecular complexity index is 762. The first-order valence-corrected chi connectivity index (χ1v) is 9.88. The minimum Gasteiger partial charge on any atom is -0.491 e. The lowest BCUT2D eigenvalue weighted by Gasteiger charge is -2.24. The molecule has 0 saturated carbocycles. The monoisotopic (exact) mass is 372 g/mol. The number of nitrogens with zero attached hydrogens (tertiary/aromatic N) is 1. The molecule has 5 nitrogen and oxygen atoms in total. The number of likely N-dealkylation sites (N-methyl/N-ethyl adjacent to an activating group) is 1. The van der Waals surface area contributed by atoms with Crippen molar-refractivity contribution >= 4 is 21.4 Å². The molecule has 0 aliphatic heterocycles. The molecule has 0 fully saturated rings. The fourth-order valence-corrected chi connectivity index (χ4v) is 4.01. The number of rotatable bonds is 8. The van der Waals surface area contributed by atoms with Gasteiger partial charge in [-0.2, -0.15) is 11.3 Å². The summed E-state index contributed by atoms with van der Waals surface area (Å²) in [6.07, 6.45) is 0. The van der Waals surface area contributed by atoms with Gasteiger partial charge in [0.1, 0.15) is 0 Å². The second-order valence-electron chi connectivity index (χ2n) is 5.41. The Hall–Kier alpha value is -1.48. The predicted molar refractivity (Wildman–Crippen MR) is 93.5 cm³/mol. The third-order valence-corrected chi connectivity index (χ3v) is 5.65. The van der Waals surface area contributed by atoms with E-state index in [1.807, 2.05) is 35.8 Å². The highest BCUT2D eigenvalue weighted by Crippen LogP contribution is 2.23. The molecule has 24 heavy (non-hydrogen) atoms. The van der Waals surface area contributed by atoms with Crippen LogP contribution in [0.1, 0.15) is 18.5 Å². The first-order chi connectivity index (χ1) is 11.3. The number of halogens is 1. The average Bonchev–Trinajstić information content (AvgIpc) is 3.03. The van der Waals surface area contributed by atoms with Crippen molar-refractivity contribution < 1.29 is 17.5 Å². The zero-order valence-corrected chi connectivity index (χ0v) is 15.5. The highest BCUT2D eigenvalue weighted by molar-refractivity contribution is 7.89. The van der Waals surface area contributed by atoms with Gasteiger partial charge in [-0.3, -0.25) is 0 Å². The van der Waals surface area contributed by atoms with Crippen LogP contribution in [0, 0.1) is 5.82 Å². The van der Waals surface area contributed by atoms with E-state index in [2.05, 4.69) is 4.72 Å². The topological polar surface area (TPSA) is 58.6 Å². The van der Waals surface area contributed by atoms with Gasteiger partial charge in [0.25, 0.3) is 0 Å². The van der Waals surface area contributed by atoms with E-state index >= 15 is 0 Å². The molecule has 0 amide bonds. The molecule has 8 heteroatoms. The zero-order valence-electron chi connectivity index (χ0n) is 13.8. The minimum atomic E-state index is -3.80. The largest absolute Gasteiger partial charge is 0.491 e. The number of thiophene rings is 1. The van der Waals surface area contributed by atoms with Crippen molar-refractivity contribution in [3.63, 3.8) is 0 Å². The summed E-state index contributed by atoms with van der Waals surface area (Å²) in [7, 11) is -0.0387. The van der Waals surface area contributed by atoms with Gasteiger partial charge in [-0.05, 0) is 61.6 Å². The number of hydrogen-bond acceptors (Lipinski definition) is 5. The van der Waals surface area contributed by atoms with E-state index < -0.39 is 15.8 Å². The summed E-state index contributed by atoms with van der Waals surface area (Å²) in [4.78, 5) is 1.81. The summed E-state index contributed by atoms with van der Waals surface area (Å²) in [5.41, 5.74) is 1.03. The molecule has 2 aromatic rings. The van der Waals surface area contributed by atoms with Crippen LogP contribution in [0.15, 0.2) is 39.9 Å². The van der Waals surface area contributed by atoms with Gasteiger partial charge in [0.05, 0.1) is 11.5 Å². The van der Waals surface area contributed by atoms with E-state index in [1.54, 1.807) is 18.3 Å². The lowest BCUT2D eigenvalue weighted by molar-refractivity contribution is 0.300. The lowest BCUT2D eigenvalue weighted by atomic mass is 10.1. The van der Waals surface area contributed by atoms with Crippen LogP contribution >= 0.6 is 11.3 Å². The maximum absolute atomic E-state index is 13.9. The summed E-state index contributed by atoms with van der Waals surface area (Å²) >= 11 is 1.56. The number of benzene rings is 1. The molecule has 0 spiro atoms. The minimum absolute atomic E-state index is 0.0425. The van der Waals surface area contributed by atoms with E-state index in [4.69, 9.17) is 4.74 Å². The molecule has 0 aliphatic carbocycles. The number of ether oxygens (including phenoxy) is 1. The molecular formula is C16H21FN2O3S2. The highest BCUT2D eigenvalue weighted by Gasteiger charge is 2.21. The zero-order chi connectivity index (χ0) is 17.7. The maximum Gasteiger partial charge on any atom is 0.240 e. The Labute approximate surface area is 146 Å². The van der Waals surface area contributed by atoms with E-state index in [1.165, 1.54) is 12.1 Å². The van der Waals surface area contributed by atoms with Crippen LogP contribution in [-0.2, 0) is 10.0 Å². The van der Waals surface area contributed by atoms with Gasteiger partial charge in [0, 0.05) is 12.6 Å². The molecule has 0 bridgehead atoms. The van der Waals surface area contributed by atoms with Crippen molar-refractivity contribution in [2.45, 2.75) is 17.9 Å². The summed E-state index contributed by atoms with van der Waals surface area (Å²) < 4.78 is 46.4. The quantitative estimate of drug-likeness (QED) is 0.774. The van der Waals surface area contributed by atoms with Gasteiger partial charge in [-0.15, -0.1) is 0 Å². The van der Waals surface area contributed by atoms with Gasteiger partial charge in [0.2, 0.25) is 10.0 Å². The van der Waals surface area contributed by atoms with E-state index in [9.17, 15) is 12.8 Å². The van der Waals surface area contributed by atoms with Crippen molar-refractivity contribution in [2.75, 3.05) is 27.2 Å². The van der Waals surface area contributed by atoms with Crippen LogP contribution in [-0.4, -0.2) is 40.6 Å². The molecule has 0 radical (unpaired) electrons. The third kappa shape index (κ3) is 4.54. The van der Waals surface area contributed by atoms with Gasteiger partial charge in [-0.1, -0.05) is 0 Å². The Morgan fingerprint density at radius 1 is 1.33 bits per heavy atom. The maximum atomic E-state index is 13.9. The fraction of sp³-hybridized carbons (Fsp3) is 0.375. The van der Waals surface area contributed by atoms with Gasteiger partial charge in [0.15, 0.2) is 11.6 Å². The van der Waals surface area contributed by atoms with Crippen molar-refractivity contribution in [2.24, 2.45) is 0 Å². The van der Waals surface area contributed by atoms with Gasteiger partial charge < -0.3 is 9.64 Å². The number of sulfonamides is 1. The highest BCUT2D eigenvalue weighted by atomic mass is 32.2. The van der Waals surface area contributed by atoms with Crippen molar-refractivity contribution in [1.82, 2.24) is 9.62 Å². The third-order valence-electron chi connectivity index (χ3n) is 3.53. The molecule has 0 saturated heterocycles. The molecule has 1 aromatic carbocycles. The summed E-state index contributed by atoms with van der Waals surface area (Å²) in [5.74, 6) is -0.650. The average molecular weight is 372 g/mol. The van der Waals surface area contributed by atoms with Crippen LogP contribution in [0.5, 0.6) is 5.75 Å². The van der Waals surface area contributed by atoms with E-state index in [0.29, 0.717) is 6.61 Å². The SMILES string of the molecule is CCOc1ccc(S(=O)(=O)NCC(c2ccsc2)N(C)C)cc1F. The van der Waals surface area contributed by atoms with Gasteiger partial charge in [-0.25, -0.2) is 17.5 Å². The Kier molecular flexibility index (Phi) is 6.34. The molecule has 1 N–H and O–H groups in total. The fourth-order valence-electron chi connectivity index (χ4n) is 2.26. The number of hydrogen-bond donors (Lipinski definition) is 1. The van der Waals surface area contributed by atoms with Crippen molar-refractivity contribution in [3.05, 3.63) is 46.4 Å². The van der Waals surface area contributed by atoms with Crippen molar-refractivity contribution in [3.8, 4) is 5.75 Å². The molecule has 1 unspecified atom stereocenters. The Morgan fingerprint density at radius 3 is 2.62 bits per heavy atom. The second kappa shape index (κ2) is 8.06. The molecule has 1 heterocycles. The predicted octanol–water partition coefficient (Wildman–Crippen LogP) is 2.87. The standard InChI is InChI=1S/C16H21FN2O3S2/c1-4-22-16-6-5-13(9-14(16)17)24(20,21)18-10-15(19(2)3)12-7-8-23-11-12/h5-9,11,15,18H,4,10H2,1-3H3. The van der Waals surface area contributed by atoms with Crippen LogP contribution in [0.3, 0.4) is 0 Å². The van der Waals surface area contributed by atoms with E-state index in [0.717, 1.165) is 11.6 Å². The molecule has 1 atom stereocenters. The van der Waals surface area contributed by atoms with Crippen LogP contribution < -0.4 is 9.46 Å². The van der Waals surface area contributed by atoms with Crippen LogP contribution in [0.2, 0.25) is 0 Å². The Morgan fingerprint density at radius 2 is 2.08 bits per heavy atom. The molecule has 0 aliphatic rings. The molecule has 2 rings (SSSR count). The van der Waals surface area contributed by atoms with Crippen LogP contribution in [0.4, 0.5) is 4.39 Å². The smallest absolute Gasteiger partial charge is 0.240 e. The first-order valence-electron chi connectivity index (χ1n) is 7.45. The lowest BCUT2D eigenvalue weighted by Crippen LogP contribution is -2.34. The van der Waals surface area contributed by atoms with Crippen LogP contribution in [0.25, 0.3) is 0 Å². The Balaban J connectivity index is 2.14. The van der Waals surface area contributed by atoms with Crippen molar-refractivity contribution in [1.29, 1.82) is 0 Å². The molecule has 132 valence electrons. The summed E-state index contributed by atoms with van der Waals surface area (Å²) in [6.45, 7) is 2.24. The van der Waals surface area contributed by atoms with E-state index in [-0.39, 0.29) is 23.2 Å². The molecular weight excluding hydrogens is 351 g/mol.